The molecule has 1 rings (SSSR count). The number of rotatable bonds is 8. The van der Waals surface area contributed by atoms with Gasteiger partial charge in [0.25, 0.3) is 0 Å². The third kappa shape index (κ3) is 5.72. The minimum Gasteiger partial charge on any atom is -0.367 e. The van der Waals surface area contributed by atoms with Gasteiger partial charge in [0.05, 0.1) is 0 Å². The van der Waals surface area contributed by atoms with E-state index in [1.807, 2.05) is 0 Å². The smallest absolute Gasteiger partial charge is 0.232 e. The van der Waals surface area contributed by atoms with Crippen molar-refractivity contribution in [2.45, 2.75) is 58.3 Å². The minimum absolute atomic E-state index is 0.429. The summed E-state index contributed by atoms with van der Waals surface area (Å²) < 4.78 is 3.96. The summed E-state index contributed by atoms with van der Waals surface area (Å²) in [6, 6.07) is 0. The highest BCUT2D eigenvalue weighted by molar-refractivity contribution is 7.05. The van der Waals surface area contributed by atoms with Crippen molar-refractivity contribution in [1.82, 2.24) is 9.36 Å². The maximum atomic E-state index is 5.45. The maximum Gasteiger partial charge on any atom is 0.232 e. The standard InChI is InChI=1S/C11H21N3S/c1-2-3-4-5-6-7-8-9-10-13-11(12)14-15-10/h2-9H2,1H3,(H2,12,14). The monoisotopic (exact) mass is 227 g/mol. The number of unbranched alkanes of at least 4 members (excludes halogenated alkanes) is 6. The molecule has 0 amide bonds. The molecule has 0 aliphatic rings. The van der Waals surface area contributed by atoms with Crippen molar-refractivity contribution in [2.75, 3.05) is 5.73 Å². The van der Waals surface area contributed by atoms with Gasteiger partial charge in [-0.2, -0.15) is 4.37 Å². The Labute approximate surface area is 96.3 Å². The lowest BCUT2D eigenvalue weighted by Gasteiger charge is -1.99. The van der Waals surface area contributed by atoms with Gasteiger partial charge in [-0.3, -0.25) is 0 Å². The summed E-state index contributed by atoms with van der Waals surface area (Å²) >= 11 is 1.44. The number of nitrogens with two attached hydrogens (primary N) is 1. The van der Waals surface area contributed by atoms with Gasteiger partial charge >= 0.3 is 0 Å². The number of hydrogen-bond acceptors (Lipinski definition) is 4. The molecule has 2 N–H and O–H groups in total. The van der Waals surface area contributed by atoms with Crippen molar-refractivity contribution >= 4 is 17.5 Å². The topological polar surface area (TPSA) is 51.8 Å². The highest BCUT2D eigenvalue weighted by Crippen LogP contribution is 2.12. The second kappa shape index (κ2) is 7.63. The van der Waals surface area contributed by atoms with Crippen LogP contribution < -0.4 is 5.73 Å². The quantitative estimate of drug-likeness (QED) is 0.692. The molecule has 0 radical (unpaired) electrons. The van der Waals surface area contributed by atoms with E-state index in [9.17, 15) is 0 Å². The van der Waals surface area contributed by atoms with Crippen LogP contribution in [0.2, 0.25) is 0 Å². The molecule has 0 aromatic carbocycles. The average molecular weight is 227 g/mol. The largest absolute Gasteiger partial charge is 0.367 e. The van der Waals surface area contributed by atoms with Crippen LogP contribution in [-0.4, -0.2) is 9.36 Å². The molecule has 0 bridgehead atoms. The summed E-state index contributed by atoms with van der Waals surface area (Å²) in [6.45, 7) is 2.25. The average Bonchev–Trinajstić information content (AvgIpc) is 2.63. The van der Waals surface area contributed by atoms with Crippen LogP contribution in [0, 0.1) is 0 Å². The number of nitrogens with zero attached hydrogens (tertiary/aromatic N) is 2. The van der Waals surface area contributed by atoms with Crippen molar-refractivity contribution in [3.8, 4) is 0 Å². The van der Waals surface area contributed by atoms with Crippen LogP contribution in [0.3, 0.4) is 0 Å². The molecule has 0 aliphatic heterocycles. The van der Waals surface area contributed by atoms with E-state index in [-0.39, 0.29) is 0 Å². The fourth-order valence-corrected chi connectivity index (χ4v) is 2.21. The Morgan fingerprint density at radius 1 is 1.07 bits per heavy atom. The van der Waals surface area contributed by atoms with E-state index in [1.165, 1.54) is 56.5 Å². The first-order valence-electron chi connectivity index (χ1n) is 5.91. The Morgan fingerprint density at radius 2 is 1.73 bits per heavy atom. The van der Waals surface area contributed by atoms with Crippen LogP contribution >= 0.6 is 11.5 Å². The summed E-state index contributed by atoms with van der Waals surface area (Å²) in [7, 11) is 0. The normalized spacial score (nSPS) is 10.7. The first-order chi connectivity index (χ1) is 7.33. The number of nitrogen functional groups attached to an aromatic ring is 1. The SMILES string of the molecule is CCCCCCCCCc1nc(N)ns1. The lowest BCUT2D eigenvalue weighted by molar-refractivity contribution is 0.589. The number of aryl methyl sites for hydroxylation is 1. The second-order valence-electron chi connectivity index (χ2n) is 3.92. The molecule has 0 aliphatic carbocycles. The van der Waals surface area contributed by atoms with Gasteiger partial charge in [0.15, 0.2) is 0 Å². The Balaban J connectivity index is 1.93. The molecule has 15 heavy (non-hydrogen) atoms. The number of hydrogen-bond donors (Lipinski definition) is 1. The van der Waals surface area contributed by atoms with E-state index >= 15 is 0 Å². The Bertz CT molecular complexity index is 260. The highest BCUT2D eigenvalue weighted by Gasteiger charge is 1.99. The van der Waals surface area contributed by atoms with E-state index in [0.29, 0.717) is 5.95 Å². The molecule has 0 fully saturated rings. The van der Waals surface area contributed by atoms with Gasteiger partial charge in [0.1, 0.15) is 5.01 Å². The van der Waals surface area contributed by atoms with Gasteiger partial charge in [-0.25, -0.2) is 4.98 Å². The van der Waals surface area contributed by atoms with Crippen LogP contribution in [0.4, 0.5) is 5.95 Å². The molecule has 0 saturated heterocycles. The summed E-state index contributed by atoms with van der Waals surface area (Å²) in [5.41, 5.74) is 5.45. The molecular weight excluding hydrogens is 206 g/mol. The van der Waals surface area contributed by atoms with Crippen molar-refractivity contribution in [3.05, 3.63) is 5.01 Å². The number of anilines is 1. The van der Waals surface area contributed by atoms with Crippen molar-refractivity contribution in [2.24, 2.45) is 0 Å². The molecule has 0 spiro atoms. The first-order valence-corrected chi connectivity index (χ1v) is 6.68. The third-order valence-corrected chi connectivity index (χ3v) is 3.26. The molecule has 1 heterocycles. The molecule has 0 saturated carbocycles. The van der Waals surface area contributed by atoms with Gasteiger partial charge in [-0.05, 0) is 18.0 Å². The van der Waals surface area contributed by atoms with Gasteiger partial charge < -0.3 is 5.73 Å². The Hall–Kier alpha value is -0.640. The minimum atomic E-state index is 0.429. The summed E-state index contributed by atoms with van der Waals surface area (Å²) in [4.78, 5) is 4.14. The fourth-order valence-electron chi connectivity index (χ4n) is 1.60. The molecule has 3 nitrogen and oxygen atoms in total. The van der Waals surface area contributed by atoms with Crippen LogP contribution in [0.1, 0.15) is 56.9 Å². The summed E-state index contributed by atoms with van der Waals surface area (Å²) in [5, 5.41) is 1.08. The zero-order valence-corrected chi connectivity index (χ0v) is 10.4. The summed E-state index contributed by atoms with van der Waals surface area (Å²) in [5.74, 6) is 0.429. The van der Waals surface area contributed by atoms with Crippen LogP contribution in [-0.2, 0) is 6.42 Å². The lowest BCUT2D eigenvalue weighted by atomic mass is 10.1. The van der Waals surface area contributed by atoms with Crippen molar-refractivity contribution in [3.63, 3.8) is 0 Å². The van der Waals surface area contributed by atoms with Crippen LogP contribution in [0.25, 0.3) is 0 Å². The zero-order chi connectivity index (χ0) is 10.9. The molecule has 0 unspecified atom stereocenters. The lowest BCUT2D eigenvalue weighted by Crippen LogP contribution is -1.88. The third-order valence-electron chi connectivity index (χ3n) is 2.48. The number of aromatic nitrogens is 2. The van der Waals surface area contributed by atoms with Gasteiger partial charge in [0, 0.05) is 6.42 Å². The molecule has 0 atom stereocenters. The summed E-state index contributed by atoms with van der Waals surface area (Å²) in [6.07, 6.45) is 10.4. The van der Waals surface area contributed by atoms with Gasteiger partial charge in [-0.15, -0.1) is 0 Å². The molecule has 4 heteroatoms. The highest BCUT2D eigenvalue weighted by atomic mass is 32.1. The Kier molecular flexibility index (Phi) is 6.32. The second-order valence-corrected chi connectivity index (χ2v) is 4.75. The maximum absolute atomic E-state index is 5.45. The molecule has 1 aromatic heterocycles. The van der Waals surface area contributed by atoms with Crippen molar-refractivity contribution < 1.29 is 0 Å². The van der Waals surface area contributed by atoms with Gasteiger partial charge in [-0.1, -0.05) is 45.4 Å². The molecule has 86 valence electrons. The van der Waals surface area contributed by atoms with Crippen molar-refractivity contribution in [1.29, 1.82) is 0 Å². The van der Waals surface area contributed by atoms with E-state index in [0.717, 1.165) is 11.4 Å². The van der Waals surface area contributed by atoms with Crippen LogP contribution in [0.15, 0.2) is 0 Å². The molecular formula is C11H21N3S. The van der Waals surface area contributed by atoms with E-state index in [4.69, 9.17) is 5.73 Å². The van der Waals surface area contributed by atoms with E-state index in [1.54, 1.807) is 0 Å². The zero-order valence-electron chi connectivity index (χ0n) is 9.54. The fraction of sp³-hybridized carbons (Fsp3) is 0.818. The predicted octanol–water partition coefficient (Wildman–Crippen LogP) is 3.41. The van der Waals surface area contributed by atoms with E-state index < -0.39 is 0 Å². The Morgan fingerprint density at radius 3 is 2.33 bits per heavy atom. The van der Waals surface area contributed by atoms with Crippen LogP contribution in [0.5, 0.6) is 0 Å². The predicted molar refractivity (Wildman–Crippen MR) is 66.0 cm³/mol. The first kappa shape index (κ1) is 12.4. The van der Waals surface area contributed by atoms with Gasteiger partial charge in [0.2, 0.25) is 5.95 Å². The molecule has 1 aromatic rings. The van der Waals surface area contributed by atoms with E-state index in [2.05, 4.69) is 16.3 Å².